The summed E-state index contributed by atoms with van der Waals surface area (Å²) in [6, 6.07) is 8.07. The van der Waals surface area contributed by atoms with Gasteiger partial charge in [0.15, 0.2) is 5.12 Å². The lowest BCUT2D eigenvalue weighted by atomic mass is 9.84. The van der Waals surface area contributed by atoms with Gasteiger partial charge in [-0.05, 0) is 44.1 Å². The van der Waals surface area contributed by atoms with E-state index < -0.39 is 23.3 Å². The van der Waals surface area contributed by atoms with Crippen molar-refractivity contribution in [3.05, 3.63) is 35.9 Å². The summed E-state index contributed by atoms with van der Waals surface area (Å²) >= 11 is 0.966. The third kappa shape index (κ3) is 5.71. The topological polar surface area (TPSA) is 92.8 Å². The maximum atomic E-state index is 13.4. The van der Waals surface area contributed by atoms with E-state index in [-0.39, 0.29) is 23.0 Å². The number of nitrogens with one attached hydrogen (secondary N) is 1. The fourth-order valence-electron chi connectivity index (χ4n) is 4.93. The van der Waals surface area contributed by atoms with Crippen LogP contribution in [0.5, 0.6) is 0 Å². The lowest BCUT2D eigenvalue weighted by Gasteiger charge is -2.35. The van der Waals surface area contributed by atoms with E-state index in [0.717, 1.165) is 43.0 Å². The highest BCUT2D eigenvalue weighted by Gasteiger charge is 2.49. The molecule has 0 radical (unpaired) electrons. The van der Waals surface area contributed by atoms with E-state index in [0.29, 0.717) is 18.8 Å². The molecule has 1 aliphatic carbocycles. The highest BCUT2D eigenvalue weighted by molar-refractivity contribution is 8.14. The van der Waals surface area contributed by atoms with Crippen LogP contribution in [0.4, 0.5) is 0 Å². The third-order valence-electron chi connectivity index (χ3n) is 6.41. The third-order valence-corrected chi connectivity index (χ3v) is 7.41. The fourth-order valence-corrected chi connectivity index (χ4v) is 5.78. The summed E-state index contributed by atoms with van der Waals surface area (Å²) in [4.78, 5) is 52.2. The molecule has 32 heavy (non-hydrogen) atoms. The van der Waals surface area contributed by atoms with Crippen LogP contribution >= 0.6 is 11.8 Å². The Morgan fingerprint density at radius 3 is 2.50 bits per heavy atom. The van der Waals surface area contributed by atoms with Crippen LogP contribution in [-0.4, -0.2) is 58.3 Å². The number of hydrogen-bond donors (Lipinski definition) is 1. The average Bonchev–Trinajstić information content (AvgIpc) is 3.17. The van der Waals surface area contributed by atoms with E-state index in [1.54, 1.807) is 11.8 Å². The Hall–Kier alpha value is -2.35. The summed E-state index contributed by atoms with van der Waals surface area (Å²) in [6.45, 7) is 3.07. The fraction of sp³-hybridized carbons (Fsp3) is 0.583. The molecule has 2 unspecified atom stereocenters. The predicted octanol–water partition coefficient (Wildman–Crippen LogP) is 2.71. The minimum Gasteiger partial charge on any atom is -0.467 e. The lowest BCUT2D eigenvalue weighted by molar-refractivity contribution is -0.153. The van der Waals surface area contributed by atoms with Crippen molar-refractivity contribution in [2.24, 2.45) is 5.92 Å². The van der Waals surface area contributed by atoms with Crippen molar-refractivity contribution in [2.75, 3.05) is 7.11 Å². The molecule has 2 amide bonds. The number of likely N-dealkylation sites (tertiary alicyclic amines) is 1. The molecule has 1 aromatic rings. The maximum absolute atomic E-state index is 13.4. The highest BCUT2D eigenvalue weighted by Crippen LogP contribution is 2.40. The Kier molecular flexibility index (Phi) is 8.34. The Bertz CT molecular complexity index is 846. The number of rotatable bonds is 7. The van der Waals surface area contributed by atoms with Gasteiger partial charge in [-0.2, -0.15) is 0 Å². The first-order chi connectivity index (χ1) is 15.3. The minimum absolute atomic E-state index is 0.00594. The number of methoxy groups -OCH3 is 1. The highest BCUT2D eigenvalue weighted by atomic mass is 32.2. The molecule has 0 aromatic heterocycles. The molecule has 3 rings (SSSR count). The van der Waals surface area contributed by atoms with Gasteiger partial charge in [0.05, 0.1) is 12.4 Å². The van der Waals surface area contributed by atoms with E-state index in [2.05, 4.69) is 5.32 Å². The molecule has 5 atom stereocenters. The Morgan fingerprint density at radius 1 is 1.16 bits per heavy atom. The van der Waals surface area contributed by atoms with Gasteiger partial charge in [-0.1, -0.05) is 54.9 Å². The number of nitrogens with zero attached hydrogens (tertiary/aromatic N) is 1. The summed E-state index contributed by atoms with van der Waals surface area (Å²) in [5.74, 6) is -0.738. The molecule has 0 spiro atoms. The number of hydrogen-bond acceptors (Lipinski definition) is 6. The van der Waals surface area contributed by atoms with Gasteiger partial charge >= 0.3 is 5.97 Å². The molecule has 0 bridgehead atoms. The van der Waals surface area contributed by atoms with Crippen molar-refractivity contribution in [1.82, 2.24) is 10.2 Å². The van der Waals surface area contributed by atoms with E-state index in [1.165, 1.54) is 14.0 Å². The van der Waals surface area contributed by atoms with Crippen LogP contribution in [0.3, 0.4) is 0 Å². The second kappa shape index (κ2) is 11.0. The van der Waals surface area contributed by atoms with E-state index in [1.807, 2.05) is 30.3 Å². The monoisotopic (exact) mass is 460 g/mol. The molecular formula is C24H32N2O5S. The van der Waals surface area contributed by atoms with Gasteiger partial charge in [0.2, 0.25) is 11.8 Å². The number of carbonyl (C=O) groups excluding carboxylic acids is 4. The van der Waals surface area contributed by atoms with Crippen LogP contribution in [0, 0.1) is 5.92 Å². The zero-order valence-corrected chi connectivity index (χ0v) is 19.7. The van der Waals surface area contributed by atoms with Crippen molar-refractivity contribution < 1.29 is 23.9 Å². The second-order valence-corrected chi connectivity index (χ2v) is 10.0. The summed E-state index contributed by atoms with van der Waals surface area (Å²) in [7, 11) is 1.34. The normalized spacial score (nSPS) is 24.2. The Labute approximate surface area is 193 Å². The number of benzene rings is 1. The molecule has 2 fully saturated rings. The number of esters is 1. The second-order valence-electron chi connectivity index (χ2n) is 8.65. The van der Waals surface area contributed by atoms with Crippen LogP contribution in [0.15, 0.2) is 30.3 Å². The lowest BCUT2D eigenvalue weighted by Crippen LogP contribution is -2.55. The van der Waals surface area contributed by atoms with Crippen molar-refractivity contribution in [1.29, 1.82) is 0 Å². The molecule has 1 aliphatic heterocycles. The zero-order chi connectivity index (χ0) is 23.3. The number of carbonyl (C=O) groups is 4. The Morgan fingerprint density at radius 2 is 1.84 bits per heavy atom. The van der Waals surface area contributed by atoms with Crippen LogP contribution in [0.25, 0.3) is 0 Å². The number of amides is 2. The van der Waals surface area contributed by atoms with Gasteiger partial charge < -0.3 is 15.0 Å². The van der Waals surface area contributed by atoms with Gasteiger partial charge in [-0.25, -0.2) is 4.79 Å². The molecule has 1 heterocycles. The Balaban J connectivity index is 1.72. The first-order valence-corrected chi connectivity index (χ1v) is 12.1. The van der Waals surface area contributed by atoms with Gasteiger partial charge in [0, 0.05) is 13.0 Å². The van der Waals surface area contributed by atoms with Crippen LogP contribution in [-0.2, 0) is 30.3 Å². The standard InChI is InChI=1S/C24H32N2O5S/c1-15(25-22(28)21(32-16(2)27)13-17-9-5-4-6-10-17)23(29)26-19-12-8-7-11-18(19)14-20(26)24(30)31-3/h4-6,9-10,15,18-21H,7-8,11-14H2,1-3H3,(H,25,28)/t15-,18?,19?,20-,21-/m0/s1. The molecule has 8 heteroatoms. The number of thioether (sulfide) groups is 1. The number of fused-ring (bicyclic) bond motifs is 1. The zero-order valence-electron chi connectivity index (χ0n) is 18.9. The smallest absolute Gasteiger partial charge is 0.328 e. The van der Waals surface area contributed by atoms with Gasteiger partial charge in [-0.3, -0.25) is 14.4 Å². The van der Waals surface area contributed by atoms with Crippen molar-refractivity contribution in [3.63, 3.8) is 0 Å². The van der Waals surface area contributed by atoms with Crippen LogP contribution < -0.4 is 5.32 Å². The van der Waals surface area contributed by atoms with Crippen LogP contribution in [0.2, 0.25) is 0 Å². The van der Waals surface area contributed by atoms with Crippen molar-refractivity contribution >= 4 is 34.7 Å². The summed E-state index contributed by atoms with van der Waals surface area (Å²) in [5, 5.41) is 2.01. The first-order valence-electron chi connectivity index (χ1n) is 11.2. The van der Waals surface area contributed by atoms with E-state index >= 15 is 0 Å². The minimum atomic E-state index is -0.804. The van der Waals surface area contributed by atoms with Crippen molar-refractivity contribution in [3.8, 4) is 0 Å². The molecule has 1 saturated carbocycles. The number of ether oxygens (including phenoxy) is 1. The molecule has 1 N–H and O–H groups in total. The molecule has 174 valence electrons. The molecular weight excluding hydrogens is 428 g/mol. The molecule has 1 aromatic carbocycles. The summed E-state index contributed by atoms with van der Waals surface area (Å²) < 4.78 is 4.97. The SMILES string of the molecule is COC(=O)[C@@H]1CC2CCCCC2N1C(=O)[C@H](C)NC(=O)[C@H](Cc1ccccc1)SC(C)=O. The maximum Gasteiger partial charge on any atom is 0.328 e. The van der Waals surface area contributed by atoms with E-state index in [9.17, 15) is 19.2 Å². The van der Waals surface area contributed by atoms with E-state index in [4.69, 9.17) is 4.74 Å². The molecule has 1 saturated heterocycles. The predicted molar refractivity (Wildman–Crippen MR) is 123 cm³/mol. The van der Waals surface area contributed by atoms with Gasteiger partial charge in [-0.15, -0.1) is 0 Å². The molecule has 7 nitrogen and oxygen atoms in total. The van der Waals surface area contributed by atoms with Crippen LogP contribution in [0.1, 0.15) is 51.5 Å². The summed E-state index contributed by atoms with van der Waals surface area (Å²) in [6.07, 6.45) is 4.98. The van der Waals surface area contributed by atoms with Gasteiger partial charge in [0.25, 0.3) is 0 Å². The van der Waals surface area contributed by atoms with Gasteiger partial charge in [0.1, 0.15) is 12.1 Å². The van der Waals surface area contributed by atoms with Crippen molar-refractivity contribution in [2.45, 2.75) is 75.7 Å². The molecule has 2 aliphatic rings. The first kappa shape index (κ1) is 24.3. The summed E-state index contributed by atoms with van der Waals surface area (Å²) in [5.41, 5.74) is 0.940. The quantitative estimate of drug-likeness (QED) is 0.629. The average molecular weight is 461 g/mol. The largest absolute Gasteiger partial charge is 0.467 e.